The van der Waals surface area contributed by atoms with Crippen molar-refractivity contribution in [2.24, 2.45) is 0 Å². The van der Waals surface area contributed by atoms with E-state index in [1.807, 2.05) is 0 Å². The van der Waals surface area contributed by atoms with Crippen molar-refractivity contribution in [2.75, 3.05) is 51.3 Å². The molecule has 26 heavy (non-hydrogen) atoms. The van der Waals surface area contributed by atoms with E-state index in [9.17, 15) is 0 Å². The fourth-order valence-corrected chi connectivity index (χ4v) is 3.03. The summed E-state index contributed by atoms with van der Waals surface area (Å²) in [6.45, 7) is 5.52. The van der Waals surface area contributed by atoms with Crippen LogP contribution in [-0.4, -0.2) is 72.0 Å². The van der Waals surface area contributed by atoms with E-state index in [2.05, 4.69) is 31.7 Å². The van der Waals surface area contributed by atoms with Gasteiger partial charge in [0.25, 0.3) is 0 Å². The molecule has 0 spiro atoms. The van der Waals surface area contributed by atoms with Gasteiger partial charge in [-0.25, -0.2) is 0 Å². The zero-order valence-electron chi connectivity index (χ0n) is 15.3. The summed E-state index contributed by atoms with van der Waals surface area (Å²) in [5.41, 5.74) is 2.40. The van der Waals surface area contributed by atoms with E-state index in [0.29, 0.717) is 0 Å². The smallest absolute Gasteiger partial charge is 0.543 e. The van der Waals surface area contributed by atoms with Crippen molar-refractivity contribution in [2.45, 2.75) is 6.42 Å². The minimum absolute atomic E-state index is 0. The van der Waals surface area contributed by atoms with Gasteiger partial charge in [0, 0.05) is 26.2 Å². The molecule has 9 nitrogen and oxygen atoms in total. The van der Waals surface area contributed by atoms with Gasteiger partial charge in [-0.3, -0.25) is 0 Å². The van der Waals surface area contributed by atoms with Gasteiger partial charge in [-0.05, 0) is 19.0 Å². The van der Waals surface area contributed by atoms with E-state index in [-0.39, 0.29) is 59.1 Å². The van der Waals surface area contributed by atoms with Crippen LogP contribution in [0, 0.1) is 0 Å². The molecule has 0 amide bonds. The molecule has 3 heterocycles. The number of ether oxygens (including phenoxy) is 1. The Hall–Kier alpha value is -0.0400. The van der Waals surface area contributed by atoms with E-state index >= 15 is 0 Å². The molecule has 0 atom stereocenters. The number of rotatable bonds is 2. The Morgan fingerprint density at radius 1 is 1.12 bits per heavy atom. The van der Waals surface area contributed by atoms with Gasteiger partial charge in [0.15, 0.2) is 5.82 Å². The number of hydrogen-bond acceptors (Lipinski definition) is 10. The molecule has 0 bridgehead atoms. The van der Waals surface area contributed by atoms with Gasteiger partial charge in [0.05, 0.1) is 36.9 Å². The summed E-state index contributed by atoms with van der Waals surface area (Å²) in [6, 6.07) is 0. The molecule has 0 aliphatic carbocycles. The van der Waals surface area contributed by atoms with Crippen molar-refractivity contribution in [3.05, 3.63) is 11.8 Å². The van der Waals surface area contributed by atoms with Crippen LogP contribution in [0.15, 0.2) is 6.08 Å². The monoisotopic (exact) mass is 400 g/mol. The second-order valence-corrected chi connectivity index (χ2v) is 5.90. The molecule has 0 radical (unpaired) electrons. The fraction of sp³-hybridized carbons (Fsp3) is 0.571. The molecule has 1 fully saturated rings. The van der Waals surface area contributed by atoms with Gasteiger partial charge < -0.3 is 34.3 Å². The minimum atomic E-state index is -2.19. The Labute approximate surface area is 200 Å². The Kier molecular flexibility index (Phi) is 13.2. The van der Waals surface area contributed by atoms with Crippen LogP contribution in [0.25, 0.3) is 5.57 Å². The topological polar surface area (TPSA) is 122 Å². The molecular formula is C14H18N4Na2O5S. The van der Waals surface area contributed by atoms with Crippen LogP contribution in [0.4, 0.5) is 5.82 Å². The van der Waals surface area contributed by atoms with E-state index in [1.54, 1.807) is 0 Å². The molecule has 132 valence electrons. The molecule has 1 aromatic rings. The van der Waals surface area contributed by atoms with E-state index in [4.69, 9.17) is 24.5 Å². The Balaban J connectivity index is 0.000000687. The first-order valence-electron chi connectivity index (χ1n) is 7.44. The van der Waals surface area contributed by atoms with Crippen LogP contribution in [0.5, 0.6) is 0 Å². The van der Waals surface area contributed by atoms with Gasteiger partial charge in [-0.1, -0.05) is 6.08 Å². The van der Waals surface area contributed by atoms with Gasteiger partial charge in [0.2, 0.25) is 0 Å². The number of morpholine rings is 1. The van der Waals surface area contributed by atoms with Crippen LogP contribution < -0.4 is 74.2 Å². The number of anilines is 1. The number of aromatic nitrogens is 2. The van der Waals surface area contributed by atoms with E-state index < -0.39 is 11.9 Å². The summed E-state index contributed by atoms with van der Waals surface area (Å²) >= 11 is 1.31. The summed E-state index contributed by atoms with van der Waals surface area (Å²) in [5, 5.41) is 17.9. The van der Waals surface area contributed by atoms with Crippen LogP contribution in [0.1, 0.15) is 12.1 Å². The molecule has 3 rings (SSSR count). The first-order valence-corrected chi connectivity index (χ1v) is 8.17. The predicted molar refractivity (Wildman–Crippen MR) is 83.0 cm³/mol. The third-order valence-corrected chi connectivity index (χ3v) is 4.11. The van der Waals surface area contributed by atoms with Gasteiger partial charge in [-0.2, -0.15) is 8.75 Å². The molecule has 12 heteroatoms. The van der Waals surface area contributed by atoms with Gasteiger partial charge >= 0.3 is 59.1 Å². The zero-order chi connectivity index (χ0) is 17.5. The third kappa shape index (κ3) is 7.91. The molecular weight excluding hydrogens is 382 g/mol. The number of carbonyl (C=O) groups excluding carboxylic acids is 2. The minimum Gasteiger partial charge on any atom is -0.543 e. The van der Waals surface area contributed by atoms with Crippen LogP contribution in [0.2, 0.25) is 0 Å². The number of nitrogens with zero attached hydrogens (tertiary/aromatic N) is 4. The summed E-state index contributed by atoms with van der Waals surface area (Å²) in [4.78, 5) is 22.5. The van der Waals surface area contributed by atoms with Crippen molar-refractivity contribution >= 4 is 35.1 Å². The van der Waals surface area contributed by atoms with Crippen molar-refractivity contribution < 1.29 is 83.7 Å². The Morgan fingerprint density at radius 2 is 1.73 bits per heavy atom. The molecule has 2 aliphatic rings. The number of carboxylic acids is 2. The quantitative estimate of drug-likeness (QED) is 0.352. The number of aliphatic carboxylic acids is 2. The van der Waals surface area contributed by atoms with Gasteiger partial charge in [-0.15, -0.1) is 0 Å². The Bertz CT molecular complexity index is 610. The van der Waals surface area contributed by atoms with Crippen molar-refractivity contribution in [3.8, 4) is 0 Å². The molecule has 0 saturated carbocycles. The maximum atomic E-state index is 8.93. The maximum absolute atomic E-state index is 8.93. The number of carbonyl (C=O) groups is 2. The van der Waals surface area contributed by atoms with Crippen LogP contribution in [-0.2, 0) is 14.3 Å². The SMILES string of the molecule is CN1CCC=C(c2nsnc2N2CCOCC2)C1.O=C([O-])C(=O)[O-].[Na+].[Na+]. The van der Waals surface area contributed by atoms with Crippen molar-refractivity contribution in [1.29, 1.82) is 0 Å². The normalized spacial score (nSPS) is 17.0. The fourth-order valence-electron chi connectivity index (χ4n) is 2.43. The number of carboxylic acid groups (broad SMARTS) is 2. The van der Waals surface area contributed by atoms with Gasteiger partial charge in [0.1, 0.15) is 5.69 Å². The number of hydrogen-bond donors (Lipinski definition) is 0. The standard InChI is InChI=1S/C12H18N4OS.C2H2O4.2Na/c1-15-4-2-3-10(9-15)11-12(14-18-13-11)16-5-7-17-8-6-16;3-1(4)2(5)6;;/h3H,2,4-9H2,1H3;(H,3,4)(H,5,6);;/q;;2*+1/p-2. The Morgan fingerprint density at radius 3 is 2.27 bits per heavy atom. The molecule has 0 N–H and O–H groups in total. The summed E-state index contributed by atoms with van der Waals surface area (Å²) in [5.74, 6) is -3.32. The first kappa shape index (κ1) is 26.0. The molecule has 1 saturated heterocycles. The zero-order valence-corrected chi connectivity index (χ0v) is 20.1. The summed E-state index contributed by atoms with van der Waals surface area (Å²) in [7, 11) is 2.15. The molecule has 0 aromatic carbocycles. The van der Waals surface area contributed by atoms with E-state index in [1.165, 1.54) is 17.3 Å². The average molecular weight is 400 g/mol. The van der Waals surface area contributed by atoms with Crippen LogP contribution in [0.3, 0.4) is 0 Å². The molecule has 1 aromatic heterocycles. The number of likely N-dealkylation sites (N-methyl/N-ethyl adjacent to an activating group) is 1. The second kappa shape index (κ2) is 13.2. The molecule has 2 aliphatic heterocycles. The summed E-state index contributed by atoms with van der Waals surface area (Å²) < 4.78 is 14.4. The predicted octanol–water partition coefficient (Wildman–Crippen LogP) is -8.41. The largest absolute Gasteiger partial charge is 1.00 e. The third-order valence-electron chi connectivity index (χ3n) is 3.59. The van der Waals surface area contributed by atoms with Crippen molar-refractivity contribution in [1.82, 2.24) is 13.6 Å². The first-order chi connectivity index (χ1) is 11.5. The van der Waals surface area contributed by atoms with E-state index in [0.717, 1.165) is 57.3 Å². The molecule has 0 unspecified atom stereocenters. The van der Waals surface area contributed by atoms with Crippen LogP contribution >= 0.6 is 11.7 Å². The van der Waals surface area contributed by atoms with Crippen molar-refractivity contribution in [3.63, 3.8) is 0 Å². The summed E-state index contributed by atoms with van der Waals surface area (Å²) in [6.07, 6.45) is 3.41. The average Bonchev–Trinajstić information content (AvgIpc) is 3.06. The maximum Gasteiger partial charge on any atom is 1.00 e. The second-order valence-electron chi connectivity index (χ2n) is 5.37.